The molecule has 0 unspecified atom stereocenters. The lowest BCUT2D eigenvalue weighted by Gasteiger charge is -2.04. The van der Waals surface area contributed by atoms with Gasteiger partial charge >= 0.3 is 0 Å². The molecule has 0 bridgehead atoms. The highest BCUT2D eigenvalue weighted by atomic mass is 32.1. The molecule has 0 aliphatic heterocycles. The van der Waals surface area contributed by atoms with Gasteiger partial charge in [-0.3, -0.25) is 0 Å². The second-order valence-corrected chi connectivity index (χ2v) is 4.91. The summed E-state index contributed by atoms with van der Waals surface area (Å²) in [6.45, 7) is 2.05. The Bertz CT molecular complexity index is 662. The van der Waals surface area contributed by atoms with Crippen molar-refractivity contribution in [1.82, 2.24) is 9.59 Å². The second-order valence-electron chi connectivity index (χ2n) is 4.19. The zero-order chi connectivity index (χ0) is 13.1. The van der Waals surface area contributed by atoms with Crippen LogP contribution in [0.25, 0.3) is 11.3 Å². The van der Waals surface area contributed by atoms with Gasteiger partial charge in [-0.05, 0) is 19.1 Å². The second kappa shape index (κ2) is 5.20. The van der Waals surface area contributed by atoms with Crippen molar-refractivity contribution in [3.8, 4) is 22.1 Å². The minimum absolute atomic E-state index is 0.718. The van der Waals surface area contributed by atoms with Crippen molar-refractivity contribution in [3.63, 3.8) is 0 Å². The van der Waals surface area contributed by atoms with Crippen LogP contribution < -0.4 is 4.74 Å². The summed E-state index contributed by atoms with van der Waals surface area (Å²) >= 11 is 1.26. The Morgan fingerprint density at radius 2 is 1.68 bits per heavy atom. The molecule has 0 radical (unpaired) electrons. The van der Waals surface area contributed by atoms with Crippen molar-refractivity contribution >= 4 is 11.5 Å². The van der Waals surface area contributed by atoms with Gasteiger partial charge in [-0.15, -0.1) is 5.10 Å². The summed E-state index contributed by atoms with van der Waals surface area (Å²) in [5.74, 6) is 0.800. The van der Waals surface area contributed by atoms with Crippen LogP contribution >= 0.6 is 11.5 Å². The zero-order valence-electron chi connectivity index (χ0n) is 10.4. The first kappa shape index (κ1) is 11.9. The normalized spacial score (nSPS) is 10.4. The van der Waals surface area contributed by atoms with Crippen LogP contribution in [0.2, 0.25) is 0 Å². The largest absolute Gasteiger partial charge is 0.443 e. The highest BCUT2D eigenvalue weighted by Crippen LogP contribution is 2.34. The quantitative estimate of drug-likeness (QED) is 0.710. The van der Waals surface area contributed by atoms with Crippen LogP contribution in [0.15, 0.2) is 54.6 Å². The fraction of sp³-hybridized carbons (Fsp3) is 0.0667. The molecular weight excluding hydrogens is 256 g/mol. The van der Waals surface area contributed by atoms with Gasteiger partial charge in [-0.1, -0.05) is 52.5 Å². The summed E-state index contributed by atoms with van der Waals surface area (Å²) in [6, 6.07) is 17.9. The molecule has 1 aromatic heterocycles. The molecule has 3 nitrogen and oxygen atoms in total. The Labute approximate surface area is 115 Å². The maximum absolute atomic E-state index is 5.85. The topological polar surface area (TPSA) is 35.0 Å². The SMILES string of the molecule is Cc1ccc(Oc2snnc2-c2ccccc2)cc1. The monoisotopic (exact) mass is 268 g/mol. The van der Waals surface area contributed by atoms with Crippen molar-refractivity contribution in [1.29, 1.82) is 0 Å². The molecule has 0 N–H and O–H groups in total. The number of hydrogen-bond donors (Lipinski definition) is 0. The van der Waals surface area contributed by atoms with Gasteiger partial charge in [0.1, 0.15) is 11.4 Å². The van der Waals surface area contributed by atoms with E-state index in [1.165, 1.54) is 17.1 Å². The molecule has 0 saturated carbocycles. The number of aromatic nitrogens is 2. The van der Waals surface area contributed by atoms with Crippen LogP contribution in [-0.2, 0) is 0 Å². The van der Waals surface area contributed by atoms with Crippen LogP contribution in [0.1, 0.15) is 5.56 Å². The van der Waals surface area contributed by atoms with E-state index in [4.69, 9.17) is 4.74 Å². The predicted molar refractivity (Wildman–Crippen MR) is 76.6 cm³/mol. The summed E-state index contributed by atoms with van der Waals surface area (Å²) in [6.07, 6.45) is 0. The van der Waals surface area contributed by atoms with E-state index in [2.05, 4.69) is 9.59 Å². The molecule has 0 spiro atoms. The molecule has 1 heterocycles. The third-order valence-corrected chi connectivity index (χ3v) is 3.34. The van der Waals surface area contributed by atoms with Gasteiger partial charge in [-0.2, -0.15) is 0 Å². The van der Waals surface area contributed by atoms with E-state index in [1.807, 2.05) is 61.5 Å². The Kier molecular flexibility index (Phi) is 3.25. The number of benzene rings is 2. The Hall–Kier alpha value is -2.20. The van der Waals surface area contributed by atoms with Crippen molar-refractivity contribution in [2.45, 2.75) is 6.92 Å². The molecule has 0 fully saturated rings. The maximum atomic E-state index is 5.85. The summed E-state index contributed by atoms with van der Waals surface area (Å²) in [4.78, 5) is 0. The van der Waals surface area contributed by atoms with E-state index in [-0.39, 0.29) is 0 Å². The zero-order valence-corrected chi connectivity index (χ0v) is 11.2. The number of aryl methyl sites for hydroxylation is 1. The third-order valence-electron chi connectivity index (χ3n) is 2.74. The minimum atomic E-state index is 0.718. The van der Waals surface area contributed by atoms with Crippen molar-refractivity contribution in [2.75, 3.05) is 0 Å². The molecular formula is C15H12N2OS. The van der Waals surface area contributed by atoms with E-state index in [1.54, 1.807) is 0 Å². The molecule has 4 heteroatoms. The van der Waals surface area contributed by atoms with Crippen molar-refractivity contribution in [3.05, 3.63) is 60.2 Å². The Morgan fingerprint density at radius 1 is 0.947 bits per heavy atom. The Morgan fingerprint density at radius 3 is 2.42 bits per heavy atom. The molecule has 0 saturated heterocycles. The third kappa shape index (κ3) is 2.63. The number of ether oxygens (including phenoxy) is 1. The summed E-state index contributed by atoms with van der Waals surface area (Å²) in [5.41, 5.74) is 3.00. The van der Waals surface area contributed by atoms with E-state index in [9.17, 15) is 0 Å². The van der Waals surface area contributed by atoms with E-state index >= 15 is 0 Å². The lowest BCUT2D eigenvalue weighted by atomic mass is 10.2. The van der Waals surface area contributed by atoms with E-state index in [0.29, 0.717) is 0 Å². The van der Waals surface area contributed by atoms with E-state index in [0.717, 1.165) is 22.1 Å². The van der Waals surface area contributed by atoms with Crippen LogP contribution in [0, 0.1) is 6.92 Å². The van der Waals surface area contributed by atoms with Crippen LogP contribution in [0.4, 0.5) is 0 Å². The van der Waals surface area contributed by atoms with Crippen LogP contribution in [-0.4, -0.2) is 9.59 Å². The standard InChI is InChI=1S/C15H12N2OS/c1-11-7-9-13(10-8-11)18-15-14(16-17-19-15)12-5-3-2-4-6-12/h2-10H,1H3. The van der Waals surface area contributed by atoms with Gasteiger partial charge < -0.3 is 4.74 Å². The molecule has 3 rings (SSSR count). The number of rotatable bonds is 3. The Balaban J connectivity index is 1.91. The molecule has 94 valence electrons. The van der Waals surface area contributed by atoms with Gasteiger partial charge in [0.2, 0.25) is 5.06 Å². The molecule has 0 atom stereocenters. The summed E-state index contributed by atoms with van der Waals surface area (Å²) in [7, 11) is 0. The molecule has 2 aromatic carbocycles. The summed E-state index contributed by atoms with van der Waals surface area (Å²) < 4.78 is 9.83. The fourth-order valence-corrected chi connectivity index (χ4v) is 2.31. The molecule has 0 aliphatic carbocycles. The molecule has 0 aliphatic rings. The first-order valence-corrected chi connectivity index (χ1v) is 6.72. The molecule has 3 aromatic rings. The lowest BCUT2D eigenvalue weighted by molar-refractivity contribution is 0.497. The average Bonchev–Trinajstić information content (AvgIpc) is 2.90. The molecule has 19 heavy (non-hydrogen) atoms. The van der Waals surface area contributed by atoms with Crippen molar-refractivity contribution < 1.29 is 4.74 Å². The van der Waals surface area contributed by atoms with Gasteiger partial charge in [0.15, 0.2) is 0 Å². The smallest absolute Gasteiger partial charge is 0.228 e. The maximum Gasteiger partial charge on any atom is 0.228 e. The van der Waals surface area contributed by atoms with Gasteiger partial charge in [0.25, 0.3) is 0 Å². The first-order valence-electron chi connectivity index (χ1n) is 5.95. The number of hydrogen-bond acceptors (Lipinski definition) is 4. The van der Waals surface area contributed by atoms with E-state index < -0.39 is 0 Å². The number of nitrogens with zero attached hydrogens (tertiary/aromatic N) is 2. The van der Waals surface area contributed by atoms with Gasteiger partial charge in [-0.25, -0.2) is 0 Å². The van der Waals surface area contributed by atoms with Crippen LogP contribution in [0.3, 0.4) is 0 Å². The minimum Gasteiger partial charge on any atom is -0.443 e. The predicted octanol–water partition coefficient (Wildman–Crippen LogP) is 4.31. The van der Waals surface area contributed by atoms with Gasteiger partial charge in [0, 0.05) is 17.1 Å². The van der Waals surface area contributed by atoms with Crippen LogP contribution in [0.5, 0.6) is 10.8 Å². The fourth-order valence-electron chi connectivity index (χ4n) is 1.73. The summed E-state index contributed by atoms with van der Waals surface area (Å²) in [5, 5.41) is 4.86. The van der Waals surface area contributed by atoms with Gasteiger partial charge in [0.05, 0.1) is 0 Å². The van der Waals surface area contributed by atoms with Crippen molar-refractivity contribution in [2.24, 2.45) is 0 Å². The average molecular weight is 268 g/mol. The first-order chi connectivity index (χ1) is 9.33. The molecule has 0 amide bonds. The highest BCUT2D eigenvalue weighted by Gasteiger charge is 2.12. The lowest BCUT2D eigenvalue weighted by Crippen LogP contribution is -1.85. The highest BCUT2D eigenvalue weighted by molar-refractivity contribution is 7.08.